The molecule has 0 aromatic heterocycles. The molecule has 1 amide bonds. The quantitative estimate of drug-likeness (QED) is 0.618. The minimum Gasteiger partial charge on any atom is -0.334 e. The Morgan fingerprint density at radius 3 is 2.14 bits per heavy atom. The molecule has 1 aliphatic heterocycles. The van der Waals surface area contributed by atoms with Gasteiger partial charge < -0.3 is 4.90 Å². The topological polar surface area (TPSA) is 32.8 Å². The summed E-state index contributed by atoms with van der Waals surface area (Å²) < 4.78 is 0. The lowest BCUT2D eigenvalue weighted by atomic mass is 9.72. The number of hydrogen-bond acceptors (Lipinski definition) is 3. The number of nitrogens with zero attached hydrogens (tertiary/aromatic N) is 2. The number of piperazine rings is 1. The lowest BCUT2D eigenvalue weighted by Crippen LogP contribution is -2.77. The predicted octanol–water partition coefficient (Wildman–Crippen LogP) is 5.88. The number of hydroxylamine groups is 2. The zero-order valence-corrected chi connectivity index (χ0v) is 19.3. The monoisotopic (exact) mass is 400 g/mol. The van der Waals surface area contributed by atoms with Crippen molar-refractivity contribution in [2.24, 2.45) is 0 Å². The van der Waals surface area contributed by atoms with Gasteiger partial charge in [0.05, 0.1) is 5.54 Å². The number of rotatable bonds is 5. The minimum atomic E-state index is -0.543. The number of hydrogen-bond donors (Lipinski definition) is 0. The summed E-state index contributed by atoms with van der Waals surface area (Å²) in [6.07, 6.45) is 7.02. The highest BCUT2D eigenvalue weighted by Crippen LogP contribution is 2.48. The molecule has 0 bridgehead atoms. The van der Waals surface area contributed by atoms with Crippen LogP contribution in [0.15, 0.2) is 30.3 Å². The van der Waals surface area contributed by atoms with Crippen molar-refractivity contribution in [3.63, 3.8) is 0 Å². The van der Waals surface area contributed by atoms with E-state index in [1.807, 2.05) is 6.07 Å². The fourth-order valence-electron chi connectivity index (χ4n) is 5.23. The fourth-order valence-corrected chi connectivity index (χ4v) is 5.23. The molecule has 29 heavy (non-hydrogen) atoms. The molecule has 1 aromatic rings. The third-order valence-electron chi connectivity index (χ3n) is 7.25. The van der Waals surface area contributed by atoms with E-state index in [0.29, 0.717) is 0 Å². The fraction of sp³-hybridized carbons (Fsp3) is 0.720. The Balaban J connectivity index is 2.06. The molecule has 162 valence electrons. The van der Waals surface area contributed by atoms with Crippen molar-refractivity contribution in [2.75, 3.05) is 6.54 Å². The van der Waals surface area contributed by atoms with Crippen LogP contribution in [0.2, 0.25) is 0 Å². The Morgan fingerprint density at radius 1 is 1.03 bits per heavy atom. The van der Waals surface area contributed by atoms with Crippen molar-refractivity contribution in [1.29, 1.82) is 0 Å². The van der Waals surface area contributed by atoms with E-state index in [0.717, 1.165) is 50.6 Å². The molecule has 1 atom stereocenters. The van der Waals surface area contributed by atoms with Crippen LogP contribution in [0, 0.1) is 0 Å². The zero-order valence-electron chi connectivity index (χ0n) is 19.3. The minimum absolute atomic E-state index is 0.0820. The average Bonchev–Trinajstić information content (AvgIpc) is 2.72. The SMILES string of the molecule is CCC1(CC)CN(C(C)(C)C)C(=O)C2(CCCCC2)N1OC(C)c1ccccc1. The van der Waals surface area contributed by atoms with Gasteiger partial charge in [-0.15, -0.1) is 0 Å². The highest BCUT2D eigenvalue weighted by Gasteiger charge is 2.60. The summed E-state index contributed by atoms with van der Waals surface area (Å²) in [5, 5.41) is 2.21. The molecule has 1 heterocycles. The van der Waals surface area contributed by atoms with Crippen molar-refractivity contribution in [1.82, 2.24) is 9.96 Å². The maximum atomic E-state index is 14.0. The first-order valence-electron chi connectivity index (χ1n) is 11.5. The molecule has 1 aromatic carbocycles. The first kappa shape index (κ1) is 22.3. The summed E-state index contributed by atoms with van der Waals surface area (Å²) in [6, 6.07) is 10.4. The molecule has 1 saturated heterocycles. The van der Waals surface area contributed by atoms with Gasteiger partial charge in [0.1, 0.15) is 11.6 Å². The zero-order chi connectivity index (χ0) is 21.3. The highest BCUT2D eigenvalue weighted by atomic mass is 16.7. The average molecular weight is 401 g/mol. The Bertz CT molecular complexity index is 685. The third-order valence-corrected chi connectivity index (χ3v) is 7.25. The van der Waals surface area contributed by atoms with Crippen molar-refractivity contribution in [2.45, 2.75) is 109 Å². The van der Waals surface area contributed by atoms with E-state index in [4.69, 9.17) is 4.84 Å². The molecule has 4 heteroatoms. The summed E-state index contributed by atoms with van der Waals surface area (Å²) in [5.74, 6) is 0.266. The Labute approximate surface area is 177 Å². The normalized spacial score (nSPS) is 23.4. The molecule has 1 aliphatic carbocycles. The van der Waals surface area contributed by atoms with Crippen LogP contribution >= 0.6 is 0 Å². The second-order valence-corrected chi connectivity index (χ2v) is 10.0. The highest BCUT2D eigenvalue weighted by molar-refractivity contribution is 5.88. The second-order valence-electron chi connectivity index (χ2n) is 10.0. The van der Waals surface area contributed by atoms with Gasteiger partial charge in [0.2, 0.25) is 5.91 Å². The lowest BCUT2D eigenvalue weighted by molar-refractivity contribution is -0.323. The van der Waals surface area contributed by atoms with E-state index >= 15 is 0 Å². The molecule has 1 spiro atoms. The van der Waals surface area contributed by atoms with Crippen LogP contribution in [0.25, 0.3) is 0 Å². The number of amides is 1. The maximum Gasteiger partial charge on any atom is 0.245 e. The van der Waals surface area contributed by atoms with Crippen molar-refractivity contribution in [3.8, 4) is 0 Å². The molecule has 4 nitrogen and oxygen atoms in total. The summed E-state index contributed by atoms with van der Waals surface area (Å²) in [4.78, 5) is 22.9. The third kappa shape index (κ3) is 3.98. The van der Waals surface area contributed by atoms with Gasteiger partial charge in [-0.2, -0.15) is 5.06 Å². The van der Waals surface area contributed by atoms with Gasteiger partial charge >= 0.3 is 0 Å². The van der Waals surface area contributed by atoms with E-state index in [-0.39, 0.29) is 23.1 Å². The Morgan fingerprint density at radius 2 is 1.62 bits per heavy atom. The van der Waals surface area contributed by atoms with Gasteiger partial charge in [-0.3, -0.25) is 9.63 Å². The van der Waals surface area contributed by atoms with Crippen LogP contribution in [-0.4, -0.2) is 39.0 Å². The van der Waals surface area contributed by atoms with Crippen LogP contribution in [0.3, 0.4) is 0 Å². The van der Waals surface area contributed by atoms with Crippen LogP contribution in [0.5, 0.6) is 0 Å². The number of carbonyl (C=O) groups excluding carboxylic acids is 1. The molecule has 2 fully saturated rings. The van der Waals surface area contributed by atoms with Crippen LogP contribution in [0.4, 0.5) is 0 Å². The molecule has 3 rings (SSSR count). The summed E-state index contributed by atoms with van der Waals surface area (Å²) >= 11 is 0. The lowest BCUT2D eigenvalue weighted by Gasteiger charge is -2.62. The Hall–Kier alpha value is -1.39. The van der Waals surface area contributed by atoms with Crippen molar-refractivity contribution >= 4 is 5.91 Å². The van der Waals surface area contributed by atoms with Gasteiger partial charge in [0.25, 0.3) is 0 Å². The number of carbonyl (C=O) groups is 1. The van der Waals surface area contributed by atoms with E-state index in [1.165, 1.54) is 6.42 Å². The molecule has 0 radical (unpaired) electrons. The molecular weight excluding hydrogens is 360 g/mol. The van der Waals surface area contributed by atoms with Crippen LogP contribution in [-0.2, 0) is 9.63 Å². The van der Waals surface area contributed by atoms with Gasteiger partial charge in [-0.1, -0.05) is 63.4 Å². The molecule has 2 aliphatic rings. The summed E-state index contributed by atoms with van der Waals surface area (Å²) in [5.41, 5.74) is 0.263. The van der Waals surface area contributed by atoms with Crippen LogP contribution in [0.1, 0.15) is 98.2 Å². The van der Waals surface area contributed by atoms with Gasteiger partial charge in [0.15, 0.2) is 0 Å². The van der Waals surface area contributed by atoms with Crippen LogP contribution < -0.4 is 0 Å². The molecular formula is C25H40N2O2. The van der Waals surface area contributed by atoms with Gasteiger partial charge in [0, 0.05) is 12.1 Å². The van der Waals surface area contributed by atoms with Gasteiger partial charge in [-0.05, 0) is 58.9 Å². The molecule has 1 unspecified atom stereocenters. The first-order chi connectivity index (χ1) is 13.7. The van der Waals surface area contributed by atoms with Gasteiger partial charge in [-0.25, -0.2) is 0 Å². The van der Waals surface area contributed by atoms with Crippen molar-refractivity contribution < 1.29 is 9.63 Å². The Kier molecular flexibility index (Phi) is 6.45. The van der Waals surface area contributed by atoms with E-state index in [1.54, 1.807) is 0 Å². The standard InChI is InChI=1S/C25H40N2O2/c1-7-24(8-2)19-26(23(4,5)6)22(28)25(17-13-10-14-18-25)27(24)29-20(3)21-15-11-9-12-16-21/h9,11-12,15-16,20H,7-8,10,13-14,17-19H2,1-6H3. The smallest absolute Gasteiger partial charge is 0.245 e. The molecule has 0 N–H and O–H groups in total. The first-order valence-corrected chi connectivity index (χ1v) is 11.5. The second kappa shape index (κ2) is 8.39. The van der Waals surface area contributed by atoms with E-state index < -0.39 is 5.54 Å². The molecule has 1 saturated carbocycles. The number of benzene rings is 1. The summed E-state index contributed by atoms with van der Waals surface area (Å²) in [6.45, 7) is 13.8. The van der Waals surface area contributed by atoms with E-state index in [9.17, 15) is 4.79 Å². The van der Waals surface area contributed by atoms with Crippen molar-refractivity contribution in [3.05, 3.63) is 35.9 Å². The van der Waals surface area contributed by atoms with E-state index in [2.05, 4.69) is 75.8 Å². The largest absolute Gasteiger partial charge is 0.334 e. The predicted molar refractivity (Wildman–Crippen MR) is 118 cm³/mol. The summed E-state index contributed by atoms with van der Waals surface area (Å²) in [7, 11) is 0. The maximum absolute atomic E-state index is 14.0.